The molecule has 0 unspecified atom stereocenters. The number of Topliss-reactive ketones (excluding diaryl/α,β-unsaturated/α-hetero) is 1. The van der Waals surface area contributed by atoms with Gasteiger partial charge in [0.1, 0.15) is 5.69 Å². The van der Waals surface area contributed by atoms with E-state index in [1.807, 2.05) is 6.07 Å². The molecule has 0 amide bonds. The maximum Gasteiger partial charge on any atom is 0.166 e. The molecule has 0 aliphatic heterocycles. The largest absolute Gasteiger partial charge is 0.294 e. The van der Waals surface area contributed by atoms with E-state index >= 15 is 0 Å². The van der Waals surface area contributed by atoms with Crippen LogP contribution in [-0.2, 0) is 6.42 Å². The molecular weight excluding hydrogens is 271 g/mol. The normalized spacial score (nSPS) is 14.7. The SMILES string of the molecule is O=C1CCCc2[nH]nc(-c3ccc(Cl)c(Cl)c3)c21. The molecule has 0 fully saturated rings. The van der Waals surface area contributed by atoms with Crippen molar-refractivity contribution >= 4 is 29.0 Å². The third-order valence-electron chi connectivity index (χ3n) is 3.14. The van der Waals surface area contributed by atoms with Gasteiger partial charge in [0.05, 0.1) is 15.6 Å². The standard InChI is InChI=1S/C13H10Cl2N2O/c14-8-5-4-7(6-9(8)15)13-12-10(16-17-13)2-1-3-11(12)18/h4-6H,1-3H2,(H,16,17). The van der Waals surface area contributed by atoms with E-state index in [0.717, 1.165) is 24.1 Å². The lowest BCUT2D eigenvalue weighted by Crippen LogP contribution is -2.09. The number of aryl methyl sites for hydroxylation is 1. The maximum absolute atomic E-state index is 12.0. The highest BCUT2D eigenvalue weighted by molar-refractivity contribution is 6.42. The van der Waals surface area contributed by atoms with Crippen LogP contribution in [0.3, 0.4) is 0 Å². The van der Waals surface area contributed by atoms with Gasteiger partial charge < -0.3 is 0 Å². The van der Waals surface area contributed by atoms with Gasteiger partial charge in [0.25, 0.3) is 0 Å². The monoisotopic (exact) mass is 280 g/mol. The van der Waals surface area contributed by atoms with Gasteiger partial charge in [0, 0.05) is 17.7 Å². The Morgan fingerprint density at radius 2 is 2.00 bits per heavy atom. The quantitative estimate of drug-likeness (QED) is 0.861. The Hall–Kier alpha value is -1.32. The average molecular weight is 281 g/mol. The smallest absolute Gasteiger partial charge is 0.166 e. The first-order valence-electron chi connectivity index (χ1n) is 5.72. The van der Waals surface area contributed by atoms with E-state index < -0.39 is 0 Å². The summed E-state index contributed by atoms with van der Waals surface area (Å²) in [5.74, 6) is 0.145. The van der Waals surface area contributed by atoms with Crippen LogP contribution in [0.25, 0.3) is 11.3 Å². The first-order chi connectivity index (χ1) is 8.66. The van der Waals surface area contributed by atoms with Gasteiger partial charge in [-0.15, -0.1) is 0 Å². The van der Waals surface area contributed by atoms with Crippen molar-refractivity contribution in [2.24, 2.45) is 0 Å². The minimum absolute atomic E-state index is 0.145. The highest BCUT2D eigenvalue weighted by Gasteiger charge is 2.24. The Balaban J connectivity index is 2.15. The van der Waals surface area contributed by atoms with Crippen LogP contribution in [-0.4, -0.2) is 16.0 Å². The highest BCUT2D eigenvalue weighted by Crippen LogP contribution is 2.32. The third-order valence-corrected chi connectivity index (χ3v) is 3.88. The first kappa shape index (κ1) is 11.8. The number of aromatic amines is 1. The van der Waals surface area contributed by atoms with Gasteiger partial charge in [-0.3, -0.25) is 9.89 Å². The summed E-state index contributed by atoms with van der Waals surface area (Å²) in [6.45, 7) is 0. The molecule has 1 N–H and O–H groups in total. The number of ketones is 1. The fraction of sp³-hybridized carbons (Fsp3) is 0.231. The van der Waals surface area contributed by atoms with Crippen molar-refractivity contribution in [1.29, 1.82) is 0 Å². The molecule has 1 aromatic heterocycles. The number of nitrogens with zero attached hydrogens (tertiary/aromatic N) is 1. The zero-order valence-corrected chi connectivity index (χ0v) is 11.0. The fourth-order valence-electron chi connectivity index (χ4n) is 2.26. The molecule has 5 heteroatoms. The van der Waals surface area contributed by atoms with E-state index in [1.54, 1.807) is 12.1 Å². The Morgan fingerprint density at radius 3 is 2.78 bits per heavy atom. The Labute approximate surface area is 114 Å². The molecule has 1 aliphatic rings. The highest BCUT2D eigenvalue weighted by atomic mass is 35.5. The molecule has 0 saturated carbocycles. The second kappa shape index (κ2) is 4.41. The van der Waals surface area contributed by atoms with Crippen LogP contribution < -0.4 is 0 Å². The predicted octanol–water partition coefficient (Wildman–Crippen LogP) is 3.90. The molecule has 0 bridgehead atoms. The van der Waals surface area contributed by atoms with Crippen LogP contribution in [0.2, 0.25) is 10.0 Å². The Morgan fingerprint density at radius 1 is 1.17 bits per heavy atom. The summed E-state index contributed by atoms with van der Waals surface area (Å²) in [5, 5.41) is 8.15. The lowest BCUT2D eigenvalue weighted by atomic mass is 9.92. The second-order valence-electron chi connectivity index (χ2n) is 4.33. The molecular formula is C13H10Cl2N2O. The van der Waals surface area contributed by atoms with E-state index in [2.05, 4.69) is 10.2 Å². The number of halogens is 2. The molecule has 0 radical (unpaired) electrons. The van der Waals surface area contributed by atoms with E-state index in [4.69, 9.17) is 23.2 Å². The number of hydrogen-bond acceptors (Lipinski definition) is 2. The van der Waals surface area contributed by atoms with Crippen molar-refractivity contribution in [2.45, 2.75) is 19.3 Å². The number of nitrogens with one attached hydrogen (secondary N) is 1. The summed E-state index contributed by atoms with van der Waals surface area (Å²) in [4.78, 5) is 12.0. The van der Waals surface area contributed by atoms with Crippen molar-refractivity contribution in [3.05, 3.63) is 39.5 Å². The van der Waals surface area contributed by atoms with Crippen molar-refractivity contribution in [2.75, 3.05) is 0 Å². The number of rotatable bonds is 1. The van der Waals surface area contributed by atoms with E-state index in [0.29, 0.717) is 27.7 Å². The lowest BCUT2D eigenvalue weighted by Gasteiger charge is -2.10. The summed E-state index contributed by atoms with van der Waals surface area (Å²) in [6.07, 6.45) is 2.34. The van der Waals surface area contributed by atoms with Crippen molar-refractivity contribution < 1.29 is 4.79 Å². The molecule has 92 valence electrons. The van der Waals surface area contributed by atoms with Crippen molar-refractivity contribution in [1.82, 2.24) is 10.2 Å². The summed E-state index contributed by atoms with van der Waals surface area (Å²) >= 11 is 11.9. The minimum atomic E-state index is 0.145. The summed E-state index contributed by atoms with van der Waals surface area (Å²) in [7, 11) is 0. The number of aromatic nitrogens is 2. The van der Waals surface area contributed by atoms with Gasteiger partial charge in [-0.25, -0.2) is 0 Å². The molecule has 3 rings (SSSR count). The van der Waals surface area contributed by atoms with Crippen LogP contribution in [0, 0.1) is 0 Å². The van der Waals surface area contributed by atoms with Crippen LogP contribution >= 0.6 is 23.2 Å². The summed E-state index contributed by atoms with van der Waals surface area (Å²) < 4.78 is 0. The molecule has 18 heavy (non-hydrogen) atoms. The van der Waals surface area contributed by atoms with Gasteiger partial charge in [-0.2, -0.15) is 5.10 Å². The fourth-order valence-corrected chi connectivity index (χ4v) is 2.56. The topological polar surface area (TPSA) is 45.8 Å². The number of benzene rings is 1. The molecule has 0 spiro atoms. The van der Waals surface area contributed by atoms with Gasteiger partial charge >= 0.3 is 0 Å². The summed E-state index contributed by atoms with van der Waals surface area (Å²) in [6, 6.07) is 5.28. The number of carbonyl (C=O) groups is 1. The Bertz CT molecular complexity index is 634. The maximum atomic E-state index is 12.0. The van der Waals surface area contributed by atoms with Gasteiger partial charge in [-0.1, -0.05) is 29.3 Å². The number of fused-ring (bicyclic) bond motifs is 1. The van der Waals surface area contributed by atoms with Gasteiger partial charge in [-0.05, 0) is 25.0 Å². The van der Waals surface area contributed by atoms with E-state index in [-0.39, 0.29) is 5.78 Å². The minimum Gasteiger partial charge on any atom is -0.294 e. The summed E-state index contributed by atoms with van der Waals surface area (Å²) in [5.41, 5.74) is 3.12. The van der Waals surface area contributed by atoms with Crippen molar-refractivity contribution in [3.8, 4) is 11.3 Å². The zero-order chi connectivity index (χ0) is 12.7. The van der Waals surface area contributed by atoms with Crippen LogP contribution in [0.1, 0.15) is 28.9 Å². The zero-order valence-electron chi connectivity index (χ0n) is 9.46. The predicted molar refractivity (Wildman–Crippen MR) is 71.3 cm³/mol. The lowest BCUT2D eigenvalue weighted by molar-refractivity contribution is 0.0973. The Kier molecular flexibility index (Phi) is 2.88. The van der Waals surface area contributed by atoms with Crippen LogP contribution in [0.5, 0.6) is 0 Å². The number of hydrogen-bond donors (Lipinski definition) is 1. The van der Waals surface area contributed by atoms with Crippen molar-refractivity contribution in [3.63, 3.8) is 0 Å². The molecule has 2 aromatic rings. The molecule has 0 saturated heterocycles. The second-order valence-corrected chi connectivity index (χ2v) is 5.15. The molecule has 3 nitrogen and oxygen atoms in total. The van der Waals surface area contributed by atoms with Gasteiger partial charge in [0.15, 0.2) is 5.78 Å². The first-order valence-corrected chi connectivity index (χ1v) is 6.48. The van der Waals surface area contributed by atoms with Gasteiger partial charge in [0.2, 0.25) is 0 Å². The molecule has 1 aromatic carbocycles. The van der Waals surface area contributed by atoms with E-state index in [9.17, 15) is 4.79 Å². The van der Waals surface area contributed by atoms with E-state index in [1.165, 1.54) is 0 Å². The molecule has 1 aliphatic carbocycles. The average Bonchev–Trinajstić information content (AvgIpc) is 2.78. The molecule has 0 atom stereocenters. The third kappa shape index (κ3) is 1.84. The number of carbonyl (C=O) groups excluding carboxylic acids is 1. The van der Waals surface area contributed by atoms with Crippen LogP contribution in [0.15, 0.2) is 18.2 Å². The number of H-pyrrole nitrogens is 1. The molecule has 1 heterocycles. The van der Waals surface area contributed by atoms with Crippen LogP contribution in [0.4, 0.5) is 0 Å².